The molecule has 50 heavy (non-hydrogen) atoms. The van der Waals surface area contributed by atoms with Gasteiger partial charge in [0.05, 0.1) is 16.1 Å². The summed E-state index contributed by atoms with van der Waals surface area (Å²) in [5.74, 6) is 0. The van der Waals surface area contributed by atoms with E-state index >= 15 is 0 Å². The van der Waals surface area contributed by atoms with Gasteiger partial charge in [0, 0.05) is 0 Å². The Morgan fingerprint density at radius 1 is 0.200 bits per heavy atom. The molecule has 246 valence electrons. The summed E-state index contributed by atoms with van der Waals surface area (Å²) >= 11 is 0. The molecule has 2 heteroatoms. The van der Waals surface area contributed by atoms with Crippen molar-refractivity contribution < 1.29 is 0 Å². The maximum absolute atomic E-state index is 2.57. The summed E-state index contributed by atoms with van der Waals surface area (Å²) in [5, 5.41) is 3.32. The van der Waals surface area contributed by atoms with E-state index in [9.17, 15) is 0 Å². The maximum Gasteiger partial charge on any atom is 0.0994 e. The van der Waals surface area contributed by atoms with Crippen LogP contribution in [0.1, 0.15) is 33.4 Å². The molecule has 0 unspecified atom stereocenters. The molecule has 7 rings (SSSR count). The average Bonchev–Trinajstić information content (AvgIpc) is 3.17. The first kappa shape index (κ1) is 33.5. The van der Waals surface area contributed by atoms with Gasteiger partial charge in [-0.2, -0.15) is 0 Å². The highest BCUT2D eigenvalue weighted by Crippen LogP contribution is 2.27. The quantitative estimate of drug-likeness (QED) is 0.101. The topological polar surface area (TPSA) is 0 Å². The zero-order chi connectivity index (χ0) is 33.9. The highest BCUT2D eigenvalue weighted by molar-refractivity contribution is 7.00. The normalized spacial score (nSPS) is 11.7. The molecule has 0 heterocycles. The largest absolute Gasteiger partial charge is 0.0994 e. The summed E-state index contributed by atoms with van der Waals surface area (Å²) in [6.45, 7) is 0. The van der Waals surface area contributed by atoms with Crippen LogP contribution in [0.5, 0.6) is 0 Å². The number of benzene rings is 7. The van der Waals surface area contributed by atoms with Crippen molar-refractivity contribution in [3.63, 3.8) is 0 Å². The molecule has 0 N–H and O–H groups in total. The molecule has 0 radical (unpaired) electrons. The number of hydrogen-bond acceptors (Lipinski definition) is 0. The van der Waals surface area contributed by atoms with Gasteiger partial charge in [0.2, 0.25) is 0 Å². The van der Waals surface area contributed by atoms with Crippen LogP contribution in [0, 0.1) is 0 Å². The van der Waals surface area contributed by atoms with E-state index in [1.807, 2.05) is 0 Å². The minimum atomic E-state index is -2.37. The lowest BCUT2D eigenvalue weighted by atomic mass is 10.2. The van der Waals surface area contributed by atoms with Gasteiger partial charge >= 0.3 is 0 Å². The summed E-state index contributed by atoms with van der Waals surface area (Å²) in [5.41, 5.74) is 8.68. The molecule has 0 bridgehead atoms. The molecule has 0 aliphatic heterocycles. The van der Waals surface area contributed by atoms with Crippen molar-refractivity contribution >= 4 is 26.5 Å². The van der Waals surface area contributed by atoms with Crippen LogP contribution in [0.3, 0.4) is 0 Å². The van der Waals surface area contributed by atoms with Crippen molar-refractivity contribution in [2.24, 2.45) is 0 Å². The van der Waals surface area contributed by atoms with E-state index in [1.165, 1.54) is 33.4 Å². The van der Waals surface area contributed by atoms with Gasteiger partial charge in [-0.1, -0.05) is 250 Å². The third-order valence-electron chi connectivity index (χ3n) is 10.4. The Balaban J connectivity index is 1.50. The van der Waals surface area contributed by atoms with Gasteiger partial charge in [-0.15, -0.1) is 0 Å². The molecule has 0 amide bonds. The molecule has 0 aromatic heterocycles. The van der Waals surface area contributed by atoms with E-state index in [0.29, 0.717) is 0 Å². The zero-order valence-corrected chi connectivity index (χ0v) is 30.9. The first-order valence-electron chi connectivity index (χ1n) is 18.0. The van der Waals surface area contributed by atoms with E-state index in [4.69, 9.17) is 0 Å². The predicted octanol–water partition coefficient (Wildman–Crippen LogP) is 9.69. The van der Waals surface area contributed by atoms with E-state index in [1.54, 1.807) is 10.4 Å². The van der Waals surface area contributed by atoms with Gasteiger partial charge in [0.1, 0.15) is 0 Å². The minimum absolute atomic E-state index is 1.10. The summed E-state index contributed by atoms with van der Waals surface area (Å²) < 4.78 is 0. The van der Waals surface area contributed by atoms with Crippen LogP contribution in [-0.2, 0) is 36.3 Å². The predicted molar refractivity (Wildman–Crippen MR) is 218 cm³/mol. The van der Waals surface area contributed by atoms with Crippen LogP contribution in [0.2, 0.25) is 0 Å². The van der Waals surface area contributed by atoms with Crippen LogP contribution < -0.4 is 10.4 Å². The molecular formula is C48H46Si2. The highest BCUT2D eigenvalue weighted by Gasteiger charge is 2.44. The second-order valence-electron chi connectivity index (χ2n) is 14.1. The van der Waals surface area contributed by atoms with Crippen LogP contribution in [0.4, 0.5) is 0 Å². The van der Waals surface area contributed by atoms with Gasteiger partial charge in [-0.3, -0.25) is 0 Å². The lowest BCUT2D eigenvalue weighted by Crippen LogP contribution is -2.69. The Morgan fingerprint density at radius 3 is 0.540 bits per heavy atom. The van der Waals surface area contributed by atoms with E-state index in [0.717, 1.165) is 36.3 Å². The fourth-order valence-corrected chi connectivity index (χ4v) is 20.1. The Kier molecular flexibility index (Phi) is 10.8. The van der Waals surface area contributed by atoms with E-state index in [-0.39, 0.29) is 0 Å². The molecule has 0 fully saturated rings. The lowest BCUT2D eigenvalue weighted by Gasteiger charge is -2.41. The average molecular weight is 679 g/mol. The van der Waals surface area contributed by atoms with Crippen molar-refractivity contribution in [2.75, 3.05) is 0 Å². The summed E-state index contributed by atoms with van der Waals surface area (Å²) in [4.78, 5) is 0. The Bertz CT molecular complexity index is 1670. The maximum atomic E-state index is 2.57. The van der Waals surface area contributed by atoms with E-state index < -0.39 is 16.1 Å². The summed E-state index contributed by atoms with van der Waals surface area (Å²) in [7, 11) is -4.73. The van der Waals surface area contributed by atoms with Gasteiger partial charge in [0.15, 0.2) is 0 Å². The van der Waals surface area contributed by atoms with Crippen molar-refractivity contribution in [2.45, 2.75) is 36.3 Å². The van der Waals surface area contributed by atoms with Crippen LogP contribution in [0.25, 0.3) is 0 Å². The molecule has 7 aromatic rings. The zero-order valence-electron chi connectivity index (χ0n) is 28.9. The van der Waals surface area contributed by atoms with Crippen LogP contribution in [-0.4, -0.2) is 16.1 Å². The SMILES string of the molecule is c1ccc(C[Si](Cc2ccccc2)(Cc2ccccc2)c2ccccc2[Si](Cc2ccccc2)(Cc2ccccc2)Cc2ccccc2)cc1. The summed E-state index contributed by atoms with van der Waals surface area (Å²) in [6, 6.07) is 84.5. The molecule has 0 aliphatic carbocycles. The number of rotatable bonds is 14. The Morgan fingerprint density at radius 2 is 0.360 bits per heavy atom. The molecule has 0 atom stereocenters. The van der Waals surface area contributed by atoms with Crippen molar-refractivity contribution in [1.82, 2.24) is 0 Å². The number of hydrogen-bond donors (Lipinski definition) is 0. The molecule has 0 saturated heterocycles. The van der Waals surface area contributed by atoms with Gasteiger partial charge in [-0.05, 0) is 36.3 Å². The molecule has 0 spiro atoms. The second kappa shape index (κ2) is 16.1. The van der Waals surface area contributed by atoms with Gasteiger partial charge < -0.3 is 0 Å². The second-order valence-corrected chi connectivity index (χ2v) is 22.4. The van der Waals surface area contributed by atoms with Crippen LogP contribution >= 0.6 is 0 Å². The standard InChI is InChI=1S/C48H46Si2/c1-7-21-41(22-8-1)35-49(36-42-23-9-2-10-24-42,37-43-25-11-3-12-26-43)47-33-19-20-34-48(47)50(38-44-27-13-4-14-28-44,39-45-29-15-5-16-30-45)40-46-31-17-6-18-32-46/h1-34H,35-40H2. The monoisotopic (exact) mass is 678 g/mol. The Labute approximate surface area is 301 Å². The van der Waals surface area contributed by atoms with E-state index in [2.05, 4.69) is 206 Å². The summed E-state index contributed by atoms with van der Waals surface area (Å²) in [6.07, 6.45) is 0. The lowest BCUT2D eigenvalue weighted by molar-refractivity contribution is 1.13. The third kappa shape index (κ3) is 8.22. The highest BCUT2D eigenvalue weighted by atomic mass is 28.3. The smallest absolute Gasteiger partial charge is 0.0631 e. The first-order chi connectivity index (χ1) is 24.7. The molecule has 0 aliphatic rings. The van der Waals surface area contributed by atoms with Crippen molar-refractivity contribution in [1.29, 1.82) is 0 Å². The molecular weight excluding hydrogens is 633 g/mol. The third-order valence-corrected chi connectivity index (χ3v) is 20.3. The van der Waals surface area contributed by atoms with Crippen molar-refractivity contribution in [3.8, 4) is 0 Å². The van der Waals surface area contributed by atoms with Gasteiger partial charge in [-0.25, -0.2) is 0 Å². The van der Waals surface area contributed by atoms with Gasteiger partial charge in [0.25, 0.3) is 0 Å². The fourth-order valence-electron chi connectivity index (χ4n) is 8.27. The fraction of sp³-hybridized carbons (Fsp3) is 0.125. The molecule has 7 aromatic carbocycles. The minimum Gasteiger partial charge on any atom is -0.0631 e. The first-order valence-corrected chi connectivity index (χ1v) is 23.3. The van der Waals surface area contributed by atoms with Crippen LogP contribution in [0.15, 0.2) is 206 Å². The molecule has 0 saturated carbocycles. The molecule has 0 nitrogen and oxygen atoms in total. The van der Waals surface area contributed by atoms with Crippen molar-refractivity contribution in [3.05, 3.63) is 240 Å². The Hall–Kier alpha value is -5.03.